The van der Waals surface area contributed by atoms with Gasteiger partial charge in [-0.1, -0.05) is 0 Å². The van der Waals surface area contributed by atoms with Gasteiger partial charge in [-0.05, 0) is 33.5 Å². The predicted octanol–water partition coefficient (Wildman–Crippen LogP) is 2.50. The molecule has 2 aromatic heterocycles. The summed E-state index contributed by atoms with van der Waals surface area (Å²) in [5.74, 6) is -0.371. The molecular weight excluding hydrogens is 257 g/mol. The Hall–Kier alpha value is -0.880. The van der Waals surface area contributed by atoms with Crippen LogP contribution in [0.15, 0.2) is 23.2 Å². The zero-order valence-corrected chi connectivity index (χ0v) is 8.64. The van der Waals surface area contributed by atoms with Crippen LogP contribution in [0.25, 0.3) is 10.6 Å². The number of pyridine rings is 1. The van der Waals surface area contributed by atoms with Gasteiger partial charge in [0.05, 0.1) is 6.20 Å². The first-order valence-corrected chi connectivity index (χ1v) is 4.92. The van der Waals surface area contributed by atoms with E-state index in [9.17, 15) is 4.39 Å². The Morgan fingerprint density at radius 1 is 1.38 bits per heavy atom. The van der Waals surface area contributed by atoms with Gasteiger partial charge in [-0.2, -0.15) is 4.37 Å². The van der Waals surface area contributed by atoms with Crippen LogP contribution in [0.2, 0.25) is 0 Å². The maximum Gasteiger partial charge on any atom is 0.209 e. The molecule has 3 nitrogen and oxygen atoms in total. The molecule has 6 heteroatoms. The average Bonchev–Trinajstić information content (AvgIpc) is 2.52. The van der Waals surface area contributed by atoms with Crippen LogP contribution in [-0.2, 0) is 0 Å². The van der Waals surface area contributed by atoms with Crippen LogP contribution in [0.1, 0.15) is 0 Å². The molecule has 0 radical (unpaired) electrons. The summed E-state index contributed by atoms with van der Waals surface area (Å²) in [5, 5.41) is 0.652. The summed E-state index contributed by atoms with van der Waals surface area (Å²) >= 11 is 4.32. The number of halogens is 2. The third-order valence-corrected chi connectivity index (χ3v) is 2.71. The van der Waals surface area contributed by atoms with Gasteiger partial charge < -0.3 is 0 Å². The van der Waals surface area contributed by atoms with Gasteiger partial charge in [-0.15, -0.1) is 0 Å². The van der Waals surface area contributed by atoms with Crippen LogP contribution < -0.4 is 0 Å². The molecule has 2 heterocycles. The fourth-order valence-electron chi connectivity index (χ4n) is 0.852. The zero-order valence-electron chi connectivity index (χ0n) is 6.24. The van der Waals surface area contributed by atoms with E-state index in [1.54, 1.807) is 6.20 Å². The number of hydrogen-bond donors (Lipinski definition) is 0. The van der Waals surface area contributed by atoms with Gasteiger partial charge in [0.25, 0.3) is 0 Å². The fraction of sp³-hybridized carbons (Fsp3) is 0. The standard InChI is InChI=1S/C7H3BrFN3S/c8-7-11-6(13-12-7)4-1-5(9)3-10-2-4/h1-3H. The van der Waals surface area contributed by atoms with E-state index < -0.39 is 0 Å². The van der Waals surface area contributed by atoms with Crippen LogP contribution in [-0.4, -0.2) is 14.3 Å². The molecule has 66 valence electrons. The monoisotopic (exact) mass is 259 g/mol. The summed E-state index contributed by atoms with van der Waals surface area (Å²) in [5.41, 5.74) is 0.642. The first-order chi connectivity index (χ1) is 6.25. The molecule has 0 atom stereocenters. The minimum atomic E-state index is -0.371. The Morgan fingerprint density at radius 2 is 2.23 bits per heavy atom. The summed E-state index contributed by atoms with van der Waals surface area (Å²) in [6.07, 6.45) is 2.70. The van der Waals surface area contributed by atoms with Crippen LogP contribution in [0, 0.1) is 5.82 Å². The van der Waals surface area contributed by atoms with Crippen molar-refractivity contribution in [3.63, 3.8) is 0 Å². The Morgan fingerprint density at radius 3 is 2.85 bits per heavy atom. The number of rotatable bonds is 1. The Labute approximate surface area is 86.0 Å². The van der Waals surface area contributed by atoms with E-state index >= 15 is 0 Å². The Kier molecular flexibility index (Phi) is 2.32. The highest BCUT2D eigenvalue weighted by atomic mass is 79.9. The highest BCUT2D eigenvalue weighted by molar-refractivity contribution is 9.10. The summed E-state index contributed by atoms with van der Waals surface area (Å²) in [4.78, 5) is 7.76. The molecule has 0 unspecified atom stereocenters. The van der Waals surface area contributed by atoms with Crippen LogP contribution in [0.3, 0.4) is 0 Å². The minimum Gasteiger partial charge on any atom is -0.261 e. The van der Waals surface area contributed by atoms with Gasteiger partial charge in [-0.3, -0.25) is 4.98 Å². The number of aromatic nitrogens is 3. The molecule has 0 bridgehead atoms. The van der Waals surface area contributed by atoms with Crippen molar-refractivity contribution in [3.05, 3.63) is 29.0 Å². The Balaban J connectivity index is 2.46. The molecule has 2 aromatic rings. The van der Waals surface area contributed by atoms with Crippen molar-refractivity contribution in [2.45, 2.75) is 0 Å². The molecule has 0 amide bonds. The van der Waals surface area contributed by atoms with Gasteiger partial charge in [-0.25, -0.2) is 9.37 Å². The molecule has 0 spiro atoms. The molecule has 2 rings (SSSR count). The van der Waals surface area contributed by atoms with Gasteiger partial charge in [0, 0.05) is 11.8 Å². The quantitative estimate of drug-likeness (QED) is 0.790. The highest BCUT2D eigenvalue weighted by Gasteiger charge is 2.05. The molecule has 0 aliphatic carbocycles. The van der Waals surface area contributed by atoms with Crippen molar-refractivity contribution >= 4 is 27.5 Å². The lowest BCUT2D eigenvalue weighted by Gasteiger charge is -1.92. The molecule has 0 aromatic carbocycles. The lowest BCUT2D eigenvalue weighted by Crippen LogP contribution is -1.81. The van der Waals surface area contributed by atoms with Crippen molar-refractivity contribution in [1.29, 1.82) is 0 Å². The molecule has 0 saturated heterocycles. The first-order valence-electron chi connectivity index (χ1n) is 3.36. The van der Waals surface area contributed by atoms with Gasteiger partial charge >= 0.3 is 0 Å². The third kappa shape index (κ3) is 1.89. The molecule has 0 fully saturated rings. The van der Waals surface area contributed by atoms with Crippen molar-refractivity contribution in [3.8, 4) is 10.6 Å². The minimum absolute atomic E-state index is 0.371. The van der Waals surface area contributed by atoms with Crippen LogP contribution in [0.5, 0.6) is 0 Å². The average molecular weight is 260 g/mol. The van der Waals surface area contributed by atoms with Crippen LogP contribution >= 0.6 is 27.5 Å². The van der Waals surface area contributed by atoms with Crippen molar-refractivity contribution in [1.82, 2.24) is 14.3 Å². The van der Waals surface area contributed by atoms with Crippen molar-refractivity contribution in [2.75, 3.05) is 0 Å². The predicted molar refractivity (Wildman–Crippen MR) is 50.8 cm³/mol. The first kappa shape index (κ1) is 8.71. The molecular formula is C7H3BrFN3S. The molecule has 0 aliphatic heterocycles. The summed E-state index contributed by atoms with van der Waals surface area (Å²) < 4.78 is 17.2. The van der Waals surface area contributed by atoms with E-state index in [0.29, 0.717) is 15.3 Å². The van der Waals surface area contributed by atoms with Crippen molar-refractivity contribution < 1.29 is 4.39 Å². The highest BCUT2D eigenvalue weighted by Crippen LogP contribution is 2.22. The maximum absolute atomic E-state index is 12.7. The lowest BCUT2D eigenvalue weighted by atomic mass is 10.3. The number of hydrogen-bond acceptors (Lipinski definition) is 4. The normalized spacial score (nSPS) is 10.3. The topological polar surface area (TPSA) is 38.7 Å². The summed E-state index contributed by atoms with van der Waals surface area (Å²) in [6, 6.07) is 1.37. The van der Waals surface area contributed by atoms with E-state index in [4.69, 9.17) is 0 Å². The van der Waals surface area contributed by atoms with E-state index in [2.05, 4.69) is 30.3 Å². The second-order valence-corrected chi connectivity index (χ2v) is 3.72. The van der Waals surface area contributed by atoms with Gasteiger partial charge in [0.2, 0.25) is 4.73 Å². The van der Waals surface area contributed by atoms with Gasteiger partial charge in [0.15, 0.2) is 0 Å². The molecule has 0 aliphatic rings. The smallest absolute Gasteiger partial charge is 0.209 e. The van der Waals surface area contributed by atoms with Crippen LogP contribution in [0.4, 0.5) is 4.39 Å². The second-order valence-electron chi connectivity index (χ2n) is 2.26. The third-order valence-electron chi connectivity index (χ3n) is 1.35. The molecule has 13 heavy (non-hydrogen) atoms. The molecule has 0 saturated carbocycles. The lowest BCUT2D eigenvalue weighted by molar-refractivity contribution is 0.622. The zero-order chi connectivity index (χ0) is 9.26. The van der Waals surface area contributed by atoms with E-state index in [1.807, 2.05) is 0 Å². The summed E-state index contributed by atoms with van der Waals surface area (Å²) in [6.45, 7) is 0. The second kappa shape index (κ2) is 3.47. The fourth-order valence-corrected chi connectivity index (χ4v) is 1.91. The van der Waals surface area contributed by atoms with Gasteiger partial charge in [0.1, 0.15) is 10.8 Å². The van der Waals surface area contributed by atoms with Crippen molar-refractivity contribution in [2.24, 2.45) is 0 Å². The SMILES string of the molecule is Fc1cncc(-c2nc(Br)ns2)c1. The Bertz CT molecular complexity index is 431. The maximum atomic E-state index is 12.7. The number of nitrogens with zero attached hydrogens (tertiary/aromatic N) is 3. The molecule has 0 N–H and O–H groups in total. The van der Waals surface area contributed by atoms with E-state index in [-0.39, 0.29) is 5.82 Å². The summed E-state index contributed by atoms with van der Waals surface area (Å²) in [7, 11) is 0. The van der Waals surface area contributed by atoms with E-state index in [0.717, 1.165) is 6.20 Å². The largest absolute Gasteiger partial charge is 0.261 e. The van der Waals surface area contributed by atoms with E-state index in [1.165, 1.54) is 17.6 Å².